The summed E-state index contributed by atoms with van der Waals surface area (Å²) in [5.74, 6) is 0.963. The zero-order valence-electron chi connectivity index (χ0n) is 9.26. The summed E-state index contributed by atoms with van der Waals surface area (Å²) in [4.78, 5) is 4.18. The number of pyridine rings is 1. The van der Waals surface area contributed by atoms with Crippen LogP contribution >= 0.6 is 11.8 Å². The molecule has 2 aromatic rings. The zero-order chi connectivity index (χ0) is 11.4. The lowest BCUT2D eigenvalue weighted by Crippen LogP contribution is -2.00. The molecule has 0 saturated heterocycles. The van der Waals surface area contributed by atoms with E-state index in [9.17, 15) is 5.11 Å². The van der Waals surface area contributed by atoms with Gasteiger partial charge in [-0.1, -0.05) is 24.3 Å². The van der Waals surface area contributed by atoms with Crippen molar-refractivity contribution in [2.45, 2.75) is 12.5 Å². The molecule has 2 nitrogen and oxygen atoms in total. The molecule has 1 heterocycles. The van der Waals surface area contributed by atoms with Gasteiger partial charge in [0.05, 0.1) is 6.10 Å². The number of hydrogen-bond acceptors (Lipinski definition) is 3. The summed E-state index contributed by atoms with van der Waals surface area (Å²) in [7, 11) is 0. The van der Waals surface area contributed by atoms with Crippen molar-refractivity contribution in [2.75, 3.05) is 12.0 Å². The molecule has 3 heteroatoms. The third-order valence-electron chi connectivity index (χ3n) is 2.65. The highest BCUT2D eigenvalue weighted by Gasteiger charge is 2.10. The van der Waals surface area contributed by atoms with E-state index in [2.05, 4.69) is 4.98 Å². The first-order chi connectivity index (χ1) is 7.83. The summed E-state index contributed by atoms with van der Waals surface area (Å²) in [5, 5.41) is 12.3. The highest BCUT2D eigenvalue weighted by Crippen LogP contribution is 2.25. The lowest BCUT2D eigenvalue weighted by Gasteiger charge is -2.12. The van der Waals surface area contributed by atoms with Crippen LogP contribution in [0.5, 0.6) is 0 Å². The Labute approximate surface area is 99.7 Å². The minimum atomic E-state index is -0.411. The second kappa shape index (κ2) is 5.32. The fourth-order valence-corrected chi connectivity index (χ4v) is 2.25. The Kier molecular flexibility index (Phi) is 3.80. The van der Waals surface area contributed by atoms with Gasteiger partial charge in [0.15, 0.2) is 0 Å². The lowest BCUT2D eigenvalue weighted by molar-refractivity contribution is 0.176. The molecule has 1 N–H and O–H groups in total. The summed E-state index contributed by atoms with van der Waals surface area (Å²) in [6.45, 7) is 0. The van der Waals surface area contributed by atoms with Gasteiger partial charge < -0.3 is 5.11 Å². The number of benzene rings is 1. The first kappa shape index (κ1) is 11.4. The van der Waals surface area contributed by atoms with Crippen LogP contribution in [0, 0.1) is 0 Å². The molecule has 16 heavy (non-hydrogen) atoms. The van der Waals surface area contributed by atoms with Crippen molar-refractivity contribution in [2.24, 2.45) is 0 Å². The summed E-state index contributed by atoms with van der Waals surface area (Å²) in [6.07, 6.45) is 6.02. The molecule has 0 saturated carbocycles. The summed E-state index contributed by atoms with van der Waals surface area (Å²) in [6, 6.07) is 8.04. The molecule has 0 aliphatic heterocycles. The predicted molar refractivity (Wildman–Crippen MR) is 69.7 cm³/mol. The Morgan fingerprint density at radius 3 is 2.94 bits per heavy atom. The van der Waals surface area contributed by atoms with Crippen LogP contribution < -0.4 is 0 Å². The number of nitrogens with zero attached hydrogens (tertiary/aromatic N) is 1. The normalized spacial score (nSPS) is 12.9. The van der Waals surface area contributed by atoms with Gasteiger partial charge in [-0.3, -0.25) is 4.98 Å². The fourth-order valence-electron chi connectivity index (χ4n) is 1.79. The molecule has 0 bridgehead atoms. The highest BCUT2D eigenvalue weighted by atomic mass is 32.2. The molecule has 0 aliphatic rings. The van der Waals surface area contributed by atoms with Gasteiger partial charge in [-0.15, -0.1) is 0 Å². The van der Waals surface area contributed by atoms with E-state index >= 15 is 0 Å². The van der Waals surface area contributed by atoms with Crippen molar-refractivity contribution in [3.63, 3.8) is 0 Å². The number of thioether (sulfide) groups is 1. The maximum absolute atomic E-state index is 10.1. The Bertz CT molecular complexity index is 467. The summed E-state index contributed by atoms with van der Waals surface area (Å²) >= 11 is 1.75. The standard InChI is InChI=1S/C13H15NOS/c1-16-7-6-13(15)12-9-14-8-10-4-2-3-5-11(10)12/h2-5,8-9,13,15H,6-7H2,1H3. The number of rotatable bonds is 4. The SMILES string of the molecule is CSCCC(O)c1cncc2ccccc12. The lowest BCUT2D eigenvalue weighted by atomic mass is 10.0. The van der Waals surface area contributed by atoms with Crippen LogP contribution in [0.3, 0.4) is 0 Å². The van der Waals surface area contributed by atoms with Crippen molar-refractivity contribution >= 4 is 22.5 Å². The van der Waals surface area contributed by atoms with Gasteiger partial charge in [0.25, 0.3) is 0 Å². The molecule has 0 aliphatic carbocycles. The van der Waals surface area contributed by atoms with Crippen molar-refractivity contribution in [3.8, 4) is 0 Å². The minimum absolute atomic E-state index is 0.411. The van der Waals surface area contributed by atoms with E-state index in [4.69, 9.17) is 0 Å². The number of aliphatic hydroxyl groups excluding tert-OH is 1. The monoisotopic (exact) mass is 233 g/mol. The molecule has 0 radical (unpaired) electrons. The molecule has 0 spiro atoms. The van der Waals surface area contributed by atoms with Crippen LogP contribution in [0.4, 0.5) is 0 Å². The quantitative estimate of drug-likeness (QED) is 0.881. The molecule has 2 rings (SSSR count). The number of fused-ring (bicyclic) bond motifs is 1. The topological polar surface area (TPSA) is 33.1 Å². The summed E-state index contributed by atoms with van der Waals surface area (Å²) in [5.41, 5.74) is 0.937. The molecular weight excluding hydrogens is 218 g/mol. The van der Waals surface area contributed by atoms with Crippen molar-refractivity contribution in [3.05, 3.63) is 42.2 Å². The van der Waals surface area contributed by atoms with Crippen LogP contribution in [0.2, 0.25) is 0 Å². The molecule has 0 fully saturated rings. The van der Waals surface area contributed by atoms with Crippen LogP contribution in [0.15, 0.2) is 36.7 Å². The first-order valence-electron chi connectivity index (χ1n) is 5.32. The van der Waals surface area contributed by atoms with Gasteiger partial charge in [-0.2, -0.15) is 11.8 Å². The molecule has 1 atom stereocenters. The average molecular weight is 233 g/mol. The van der Waals surface area contributed by atoms with E-state index in [1.807, 2.05) is 36.7 Å². The maximum atomic E-state index is 10.1. The largest absolute Gasteiger partial charge is 0.388 e. The molecule has 84 valence electrons. The fraction of sp³-hybridized carbons (Fsp3) is 0.308. The number of hydrogen-bond donors (Lipinski definition) is 1. The Hall–Kier alpha value is -1.06. The Morgan fingerprint density at radius 2 is 2.12 bits per heavy atom. The molecule has 1 unspecified atom stereocenters. The van der Waals surface area contributed by atoms with Gasteiger partial charge >= 0.3 is 0 Å². The van der Waals surface area contributed by atoms with Crippen LogP contribution in [0.25, 0.3) is 10.8 Å². The van der Waals surface area contributed by atoms with Crippen LogP contribution in [-0.2, 0) is 0 Å². The Balaban J connectivity index is 2.36. The van der Waals surface area contributed by atoms with Gasteiger partial charge in [0, 0.05) is 23.3 Å². The van der Waals surface area contributed by atoms with E-state index in [1.165, 1.54) is 0 Å². The molecule has 0 amide bonds. The second-order valence-electron chi connectivity index (χ2n) is 3.75. The van der Waals surface area contributed by atoms with Crippen LogP contribution in [0.1, 0.15) is 18.1 Å². The zero-order valence-corrected chi connectivity index (χ0v) is 10.1. The van der Waals surface area contributed by atoms with Gasteiger partial charge in [-0.05, 0) is 23.8 Å². The highest BCUT2D eigenvalue weighted by molar-refractivity contribution is 7.98. The molecule has 1 aromatic carbocycles. The third-order valence-corrected chi connectivity index (χ3v) is 3.30. The minimum Gasteiger partial charge on any atom is -0.388 e. The van der Waals surface area contributed by atoms with Gasteiger partial charge in [0.1, 0.15) is 0 Å². The van der Waals surface area contributed by atoms with E-state index in [-0.39, 0.29) is 0 Å². The van der Waals surface area contributed by atoms with E-state index in [0.717, 1.165) is 28.5 Å². The maximum Gasteiger partial charge on any atom is 0.0818 e. The Morgan fingerprint density at radius 1 is 1.31 bits per heavy atom. The third kappa shape index (κ3) is 2.36. The number of aliphatic hydroxyl groups is 1. The average Bonchev–Trinajstić information content (AvgIpc) is 2.35. The van der Waals surface area contributed by atoms with Crippen molar-refractivity contribution < 1.29 is 5.11 Å². The predicted octanol–water partition coefficient (Wildman–Crippen LogP) is 3.02. The van der Waals surface area contributed by atoms with E-state index < -0.39 is 6.10 Å². The van der Waals surface area contributed by atoms with Gasteiger partial charge in [-0.25, -0.2) is 0 Å². The van der Waals surface area contributed by atoms with E-state index in [1.54, 1.807) is 18.0 Å². The van der Waals surface area contributed by atoms with E-state index in [0.29, 0.717) is 0 Å². The molecule has 1 aromatic heterocycles. The molecular formula is C13H15NOS. The first-order valence-corrected chi connectivity index (χ1v) is 6.72. The second-order valence-corrected chi connectivity index (χ2v) is 4.73. The van der Waals surface area contributed by atoms with Crippen LogP contribution in [-0.4, -0.2) is 22.1 Å². The van der Waals surface area contributed by atoms with Crippen molar-refractivity contribution in [1.82, 2.24) is 4.98 Å². The summed E-state index contributed by atoms with van der Waals surface area (Å²) < 4.78 is 0. The smallest absolute Gasteiger partial charge is 0.0818 e. The van der Waals surface area contributed by atoms with Crippen molar-refractivity contribution in [1.29, 1.82) is 0 Å². The van der Waals surface area contributed by atoms with Gasteiger partial charge in [0.2, 0.25) is 0 Å². The number of aromatic nitrogens is 1.